The fourth-order valence-corrected chi connectivity index (χ4v) is 3.51. The van der Waals surface area contributed by atoms with E-state index in [1.54, 1.807) is 0 Å². The first-order valence-electron chi connectivity index (χ1n) is 6.80. The topological polar surface area (TPSA) is 88.6 Å². The van der Waals surface area contributed by atoms with E-state index in [1.165, 1.54) is 23.7 Å². The Kier molecular flexibility index (Phi) is 3.01. The molecule has 2 aliphatic heterocycles. The van der Waals surface area contributed by atoms with Crippen LogP contribution in [0, 0.1) is 10.1 Å². The molecular weight excluding hydrogens is 262 g/mol. The summed E-state index contributed by atoms with van der Waals surface area (Å²) in [5, 5.41) is 20.6. The lowest BCUT2D eigenvalue weighted by Crippen LogP contribution is -2.48. The molecule has 0 saturated carbocycles. The van der Waals surface area contributed by atoms with Crippen molar-refractivity contribution in [2.45, 2.75) is 43.9 Å². The first-order valence-corrected chi connectivity index (χ1v) is 6.80. The minimum atomic E-state index is -0.495. The van der Waals surface area contributed by atoms with Crippen LogP contribution in [0.1, 0.15) is 36.2 Å². The van der Waals surface area contributed by atoms with Crippen LogP contribution in [0.3, 0.4) is 0 Å². The van der Waals surface area contributed by atoms with Crippen molar-refractivity contribution >= 4 is 11.7 Å². The Morgan fingerprint density at radius 1 is 1.35 bits per heavy atom. The van der Waals surface area contributed by atoms with Crippen LogP contribution in [0.4, 0.5) is 5.82 Å². The number of aliphatic hydroxyl groups excluding tert-OH is 1. The largest absolute Gasteiger partial charge is 0.393 e. The van der Waals surface area contributed by atoms with E-state index in [9.17, 15) is 20.0 Å². The molecule has 2 bridgehead atoms. The SMILES string of the molecule is Cn1c(C(=O)N2C3CCC2CC(O)C3)ccc1[N+](=O)[O-]. The Morgan fingerprint density at radius 2 is 1.95 bits per heavy atom. The number of aromatic nitrogens is 1. The lowest BCUT2D eigenvalue weighted by molar-refractivity contribution is -0.391. The van der Waals surface area contributed by atoms with E-state index in [4.69, 9.17) is 0 Å². The zero-order valence-electron chi connectivity index (χ0n) is 11.2. The van der Waals surface area contributed by atoms with E-state index in [0.29, 0.717) is 18.5 Å². The van der Waals surface area contributed by atoms with Gasteiger partial charge in [0.1, 0.15) is 0 Å². The standard InChI is InChI=1S/C13H17N3O4/c1-14-11(4-5-12(14)16(19)20)13(18)15-8-2-3-9(15)7-10(17)6-8/h4-5,8-10,17H,2-3,6-7H2,1H3. The van der Waals surface area contributed by atoms with Gasteiger partial charge < -0.3 is 20.1 Å². The summed E-state index contributed by atoms with van der Waals surface area (Å²) >= 11 is 0. The normalized spacial score (nSPS) is 28.7. The summed E-state index contributed by atoms with van der Waals surface area (Å²) < 4.78 is 1.33. The third-order valence-corrected chi connectivity index (χ3v) is 4.44. The maximum absolute atomic E-state index is 12.6. The fraction of sp³-hybridized carbons (Fsp3) is 0.615. The van der Waals surface area contributed by atoms with Crippen LogP contribution >= 0.6 is 0 Å². The lowest BCUT2D eigenvalue weighted by Gasteiger charge is -2.36. The van der Waals surface area contributed by atoms with Crippen LogP contribution in [0.15, 0.2) is 12.1 Å². The number of carbonyl (C=O) groups excluding carboxylic acids is 1. The maximum atomic E-state index is 12.6. The van der Waals surface area contributed by atoms with Crippen molar-refractivity contribution in [3.63, 3.8) is 0 Å². The van der Waals surface area contributed by atoms with E-state index in [2.05, 4.69) is 0 Å². The minimum absolute atomic E-state index is 0.0604. The number of hydrogen-bond donors (Lipinski definition) is 1. The molecule has 0 spiro atoms. The van der Waals surface area contributed by atoms with Gasteiger partial charge in [0.25, 0.3) is 5.91 Å². The second kappa shape index (κ2) is 4.59. The number of nitro groups is 1. The number of amides is 1. The second-order valence-electron chi connectivity index (χ2n) is 5.62. The van der Waals surface area contributed by atoms with Crippen molar-refractivity contribution in [1.82, 2.24) is 9.47 Å². The summed E-state index contributed by atoms with van der Waals surface area (Å²) in [5.74, 6) is -0.252. The van der Waals surface area contributed by atoms with Crippen LogP contribution < -0.4 is 0 Å². The Hall–Kier alpha value is -1.89. The van der Waals surface area contributed by atoms with Gasteiger partial charge in [0.15, 0.2) is 5.69 Å². The van der Waals surface area contributed by atoms with Crippen LogP contribution in [0.2, 0.25) is 0 Å². The highest BCUT2D eigenvalue weighted by Gasteiger charge is 2.44. The Balaban J connectivity index is 1.89. The summed E-state index contributed by atoms with van der Waals surface area (Å²) in [5.41, 5.74) is 0.338. The monoisotopic (exact) mass is 279 g/mol. The van der Waals surface area contributed by atoms with E-state index in [0.717, 1.165) is 12.8 Å². The van der Waals surface area contributed by atoms with E-state index < -0.39 is 4.92 Å². The van der Waals surface area contributed by atoms with Crippen molar-refractivity contribution in [3.8, 4) is 0 Å². The number of nitrogens with zero attached hydrogens (tertiary/aromatic N) is 3. The fourth-order valence-electron chi connectivity index (χ4n) is 3.51. The highest BCUT2D eigenvalue weighted by molar-refractivity contribution is 5.94. The highest BCUT2D eigenvalue weighted by Crippen LogP contribution is 2.37. The smallest absolute Gasteiger partial charge is 0.323 e. The summed E-state index contributed by atoms with van der Waals surface area (Å²) in [6, 6.07) is 2.98. The summed E-state index contributed by atoms with van der Waals surface area (Å²) in [7, 11) is 1.53. The lowest BCUT2D eigenvalue weighted by atomic mass is 9.99. The molecule has 7 heteroatoms. The molecule has 2 atom stereocenters. The number of piperidine rings is 1. The third-order valence-electron chi connectivity index (χ3n) is 4.44. The number of hydrogen-bond acceptors (Lipinski definition) is 4. The zero-order valence-corrected chi connectivity index (χ0v) is 11.2. The summed E-state index contributed by atoms with van der Waals surface area (Å²) in [6.07, 6.45) is 2.68. The van der Waals surface area contributed by atoms with Gasteiger partial charge in [-0.25, -0.2) is 4.57 Å². The van der Waals surface area contributed by atoms with Crippen LogP contribution in [0.25, 0.3) is 0 Å². The number of carbonyl (C=O) groups is 1. The quantitative estimate of drug-likeness (QED) is 0.647. The average molecular weight is 279 g/mol. The Morgan fingerprint density at radius 3 is 2.45 bits per heavy atom. The molecule has 20 heavy (non-hydrogen) atoms. The molecule has 3 rings (SSSR count). The molecule has 1 aromatic heterocycles. The zero-order chi connectivity index (χ0) is 14.4. The van der Waals surface area contributed by atoms with Gasteiger partial charge in [0.05, 0.1) is 13.2 Å². The molecule has 2 saturated heterocycles. The van der Waals surface area contributed by atoms with Gasteiger partial charge >= 0.3 is 5.82 Å². The molecule has 1 aromatic rings. The van der Waals surface area contributed by atoms with Crippen molar-refractivity contribution in [2.24, 2.45) is 7.05 Å². The molecule has 2 unspecified atom stereocenters. The molecule has 0 radical (unpaired) electrons. The van der Waals surface area contributed by atoms with Crippen molar-refractivity contribution in [3.05, 3.63) is 27.9 Å². The molecule has 3 heterocycles. The average Bonchev–Trinajstić information content (AvgIpc) is 2.88. The van der Waals surface area contributed by atoms with Gasteiger partial charge in [0.2, 0.25) is 0 Å². The van der Waals surface area contributed by atoms with Gasteiger partial charge in [-0.1, -0.05) is 0 Å². The number of rotatable bonds is 2. The molecule has 108 valence electrons. The van der Waals surface area contributed by atoms with Gasteiger partial charge in [0, 0.05) is 18.2 Å². The predicted molar refractivity (Wildman–Crippen MR) is 70.3 cm³/mol. The molecule has 1 amide bonds. The highest BCUT2D eigenvalue weighted by atomic mass is 16.6. The first kappa shape index (κ1) is 13.1. The van der Waals surface area contributed by atoms with Gasteiger partial charge in [-0.15, -0.1) is 0 Å². The maximum Gasteiger partial charge on any atom is 0.323 e. The second-order valence-corrected chi connectivity index (χ2v) is 5.62. The summed E-state index contributed by atoms with van der Waals surface area (Å²) in [6.45, 7) is 0. The van der Waals surface area contributed by atoms with Crippen LogP contribution in [0.5, 0.6) is 0 Å². The molecule has 7 nitrogen and oxygen atoms in total. The van der Waals surface area contributed by atoms with E-state index in [1.807, 2.05) is 4.90 Å². The Labute approximate surface area is 115 Å². The third kappa shape index (κ3) is 1.89. The van der Waals surface area contributed by atoms with Gasteiger partial charge in [-0.2, -0.15) is 0 Å². The molecule has 0 aromatic carbocycles. The molecular formula is C13H17N3O4. The Bertz CT molecular complexity index is 554. The van der Waals surface area contributed by atoms with Crippen molar-refractivity contribution in [1.29, 1.82) is 0 Å². The number of fused-ring (bicyclic) bond motifs is 2. The van der Waals surface area contributed by atoms with Crippen molar-refractivity contribution in [2.75, 3.05) is 0 Å². The molecule has 1 N–H and O–H groups in total. The van der Waals surface area contributed by atoms with E-state index in [-0.39, 0.29) is 29.9 Å². The van der Waals surface area contributed by atoms with Crippen LogP contribution in [-0.4, -0.2) is 43.6 Å². The minimum Gasteiger partial charge on any atom is -0.393 e. The molecule has 2 fully saturated rings. The van der Waals surface area contributed by atoms with Crippen molar-refractivity contribution < 1.29 is 14.8 Å². The van der Waals surface area contributed by atoms with Crippen LogP contribution in [-0.2, 0) is 7.05 Å². The first-order chi connectivity index (χ1) is 9.49. The van der Waals surface area contributed by atoms with Gasteiger partial charge in [-0.3, -0.25) is 4.79 Å². The van der Waals surface area contributed by atoms with Gasteiger partial charge in [-0.05, 0) is 36.7 Å². The molecule has 0 aliphatic carbocycles. The van der Waals surface area contributed by atoms with E-state index >= 15 is 0 Å². The predicted octanol–water partition coefficient (Wildman–Crippen LogP) is 1.06. The summed E-state index contributed by atoms with van der Waals surface area (Å²) in [4.78, 5) is 24.8. The number of aliphatic hydroxyl groups is 1. The molecule has 2 aliphatic rings.